The molecule has 1 unspecified atom stereocenters. The van der Waals surface area contributed by atoms with Gasteiger partial charge in [0, 0.05) is 18.7 Å². The Kier molecular flexibility index (Phi) is 5.05. The topological polar surface area (TPSA) is 49.4 Å². The number of carbonyl (C=O) groups excluding carboxylic acids is 2. The van der Waals surface area contributed by atoms with E-state index in [0.717, 1.165) is 0 Å². The number of likely N-dealkylation sites (tertiary alicyclic amines) is 1. The number of nitrogens with one attached hydrogen (secondary N) is 1. The van der Waals surface area contributed by atoms with Crippen molar-refractivity contribution in [3.05, 3.63) is 35.9 Å². The predicted molar refractivity (Wildman–Crippen MR) is 74.1 cm³/mol. The summed E-state index contributed by atoms with van der Waals surface area (Å²) >= 11 is 0. The fourth-order valence-electron chi connectivity index (χ4n) is 2.43. The molecular formula is C15H17F3N2O2. The maximum absolute atomic E-state index is 12.7. The Morgan fingerprint density at radius 3 is 2.55 bits per heavy atom. The summed E-state index contributed by atoms with van der Waals surface area (Å²) in [6.07, 6.45) is -3.92. The average molecular weight is 314 g/mol. The number of amides is 2. The Morgan fingerprint density at radius 2 is 1.91 bits per heavy atom. The zero-order valence-electron chi connectivity index (χ0n) is 11.9. The van der Waals surface area contributed by atoms with Gasteiger partial charge in [0.2, 0.25) is 5.91 Å². The van der Waals surface area contributed by atoms with Crippen molar-refractivity contribution >= 4 is 11.8 Å². The first kappa shape index (κ1) is 16.3. The maximum Gasteiger partial charge on any atom is 0.393 e. The van der Waals surface area contributed by atoms with Gasteiger partial charge in [-0.25, -0.2) is 0 Å². The smallest absolute Gasteiger partial charge is 0.343 e. The highest BCUT2D eigenvalue weighted by Gasteiger charge is 2.42. The molecule has 1 aromatic carbocycles. The second-order valence-corrected chi connectivity index (χ2v) is 5.27. The lowest BCUT2D eigenvalue weighted by atomic mass is 9.97. The van der Waals surface area contributed by atoms with Crippen LogP contribution in [-0.2, 0) is 4.79 Å². The fraction of sp³-hybridized carbons (Fsp3) is 0.467. The second-order valence-electron chi connectivity index (χ2n) is 5.27. The molecule has 0 spiro atoms. The molecule has 2 amide bonds. The number of halogens is 3. The van der Waals surface area contributed by atoms with E-state index in [2.05, 4.69) is 5.32 Å². The SMILES string of the molecule is O=C(NCC(=O)N1CCCC(C(F)(F)F)C1)c1ccccc1. The van der Waals surface area contributed by atoms with Gasteiger partial charge in [-0.3, -0.25) is 9.59 Å². The molecule has 22 heavy (non-hydrogen) atoms. The van der Waals surface area contributed by atoms with Gasteiger partial charge in [0.05, 0.1) is 12.5 Å². The van der Waals surface area contributed by atoms with E-state index in [0.29, 0.717) is 18.5 Å². The van der Waals surface area contributed by atoms with Crippen LogP contribution in [0.3, 0.4) is 0 Å². The lowest BCUT2D eigenvalue weighted by molar-refractivity contribution is -0.187. The zero-order valence-corrected chi connectivity index (χ0v) is 11.9. The quantitative estimate of drug-likeness (QED) is 0.930. The van der Waals surface area contributed by atoms with E-state index in [1.54, 1.807) is 30.3 Å². The standard InChI is InChI=1S/C15H17F3N2O2/c16-15(17,18)12-7-4-8-20(10-12)13(21)9-19-14(22)11-5-2-1-3-6-11/h1-3,5-6,12H,4,7-10H2,(H,19,22). The molecule has 0 aromatic heterocycles. The summed E-state index contributed by atoms with van der Waals surface area (Å²) in [7, 11) is 0. The van der Waals surface area contributed by atoms with Crippen LogP contribution in [0.5, 0.6) is 0 Å². The minimum atomic E-state index is -4.29. The molecule has 0 aliphatic carbocycles. The van der Waals surface area contributed by atoms with Crippen LogP contribution < -0.4 is 5.32 Å². The van der Waals surface area contributed by atoms with Crippen LogP contribution >= 0.6 is 0 Å². The number of piperidine rings is 1. The van der Waals surface area contributed by atoms with Crippen molar-refractivity contribution < 1.29 is 22.8 Å². The summed E-state index contributed by atoms with van der Waals surface area (Å²) < 4.78 is 38.1. The number of hydrogen-bond acceptors (Lipinski definition) is 2. The fourth-order valence-corrected chi connectivity index (χ4v) is 2.43. The third-order valence-electron chi connectivity index (χ3n) is 3.67. The second kappa shape index (κ2) is 6.81. The first-order valence-electron chi connectivity index (χ1n) is 7.05. The van der Waals surface area contributed by atoms with Crippen LogP contribution in [0.2, 0.25) is 0 Å². The van der Waals surface area contributed by atoms with Gasteiger partial charge in [-0.2, -0.15) is 13.2 Å². The van der Waals surface area contributed by atoms with E-state index in [1.807, 2.05) is 0 Å². The molecule has 0 saturated carbocycles. The molecule has 120 valence electrons. The Hall–Kier alpha value is -2.05. The van der Waals surface area contributed by atoms with Crippen LogP contribution in [0.15, 0.2) is 30.3 Å². The van der Waals surface area contributed by atoms with E-state index in [9.17, 15) is 22.8 Å². The average Bonchev–Trinajstić information content (AvgIpc) is 2.52. The van der Waals surface area contributed by atoms with Gasteiger partial charge in [0.1, 0.15) is 0 Å². The summed E-state index contributed by atoms with van der Waals surface area (Å²) in [5.74, 6) is -2.38. The largest absolute Gasteiger partial charge is 0.393 e. The molecule has 2 rings (SSSR count). The molecule has 1 heterocycles. The minimum absolute atomic E-state index is 0.0453. The van der Waals surface area contributed by atoms with E-state index < -0.39 is 23.9 Å². The summed E-state index contributed by atoms with van der Waals surface area (Å²) in [6.45, 7) is -0.325. The highest BCUT2D eigenvalue weighted by Crippen LogP contribution is 2.32. The molecule has 1 fully saturated rings. The van der Waals surface area contributed by atoms with Crippen molar-refractivity contribution in [1.29, 1.82) is 0 Å². The highest BCUT2D eigenvalue weighted by molar-refractivity contribution is 5.96. The molecule has 0 radical (unpaired) electrons. The molecule has 0 bridgehead atoms. The predicted octanol–water partition coefficient (Wildman–Crippen LogP) is 2.22. The molecule has 1 atom stereocenters. The van der Waals surface area contributed by atoms with Crippen molar-refractivity contribution in [3.8, 4) is 0 Å². The number of hydrogen-bond donors (Lipinski definition) is 1. The third kappa shape index (κ3) is 4.22. The van der Waals surface area contributed by atoms with Crippen molar-refractivity contribution in [3.63, 3.8) is 0 Å². The van der Waals surface area contributed by atoms with Gasteiger partial charge in [-0.05, 0) is 25.0 Å². The third-order valence-corrected chi connectivity index (χ3v) is 3.67. The zero-order chi connectivity index (χ0) is 16.2. The number of benzene rings is 1. The summed E-state index contributed by atoms with van der Waals surface area (Å²) in [6, 6.07) is 8.33. The Bertz CT molecular complexity index is 531. The Balaban J connectivity index is 1.86. The van der Waals surface area contributed by atoms with Crippen LogP contribution in [0, 0.1) is 5.92 Å². The lowest BCUT2D eigenvalue weighted by Gasteiger charge is -2.33. The van der Waals surface area contributed by atoms with Crippen LogP contribution in [-0.4, -0.2) is 42.5 Å². The maximum atomic E-state index is 12.7. The first-order chi connectivity index (χ1) is 10.4. The monoisotopic (exact) mass is 314 g/mol. The van der Waals surface area contributed by atoms with E-state index in [1.165, 1.54) is 4.90 Å². The van der Waals surface area contributed by atoms with Crippen LogP contribution in [0.25, 0.3) is 0 Å². The van der Waals surface area contributed by atoms with Gasteiger partial charge < -0.3 is 10.2 Å². The molecule has 1 aliphatic rings. The number of carbonyl (C=O) groups is 2. The number of rotatable bonds is 3. The van der Waals surface area contributed by atoms with Crippen LogP contribution in [0.1, 0.15) is 23.2 Å². The lowest BCUT2D eigenvalue weighted by Crippen LogP contribution is -2.48. The molecule has 7 heteroatoms. The molecule has 1 N–H and O–H groups in total. The minimum Gasteiger partial charge on any atom is -0.343 e. The summed E-state index contributed by atoms with van der Waals surface area (Å²) in [5.41, 5.74) is 0.405. The van der Waals surface area contributed by atoms with E-state index >= 15 is 0 Å². The van der Waals surface area contributed by atoms with Gasteiger partial charge in [-0.1, -0.05) is 18.2 Å². The Labute approximate surface area is 126 Å². The van der Waals surface area contributed by atoms with Crippen molar-refractivity contribution in [2.45, 2.75) is 19.0 Å². The van der Waals surface area contributed by atoms with Crippen LogP contribution in [0.4, 0.5) is 13.2 Å². The van der Waals surface area contributed by atoms with Gasteiger partial charge in [0.15, 0.2) is 0 Å². The number of nitrogens with zero attached hydrogens (tertiary/aromatic N) is 1. The van der Waals surface area contributed by atoms with Crippen molar-refractivity contribution in [2.24, 2.45) is 5.92 Å². The van der Waals surface area contributed by atoms with Crippen molar-refractivity contribution in [2.75, 3.05) is 19.6 Å². The highest BCUT2D eigenvalue weighted by atomic mass is 19.4. The number of alkyl halides is 3. The summed E-state index contributed by atoms with van der Waals surface area (Å²) in [5, 5.41) is 2.44. The van der Waals surface area contributed by atoms with E-state index in [4.69, 9.17) is 0 Å². The normalized spacial score (nSPS) is 18.9. The van der Waals surface area contributed by atoms with Crippen molar-refractivity contribution in [1.82, 2.24) is 10.2 Å². The molecule has 1 aromatic rings. The molecule has 4 nitrogen and oxygen atoms in total. The Morgan fingerprint density at radius 1 is 1.23 bits per heavy atom. The molecule has 1 saturated heterocycles. The van der Waals surface area contributed by atoms with E-state index in [-0.39, 0.29) is 19.5 Å². The first-order valence-corrected chi connectivity index (χ1v) is 7.05. The summed E-state index contributed by atoms with van der Waals surface area (Å²) in [4.78, 5) is 24.9. The van der Waals surface area contributed by atoms with Gasteiger partial charge in [0.25, 0.3) is 5.91 Å². The van der Waals surface area contributed by atoms with Gasteiger partial charge >= 0.3 is 6.18 Å². The molecule has 1 aliphatic heterocycles. The molecular weight excluding hydrogens is 297 g/mol. The van der Waals surface area contributed by atoms with Gasteiger partial charge in [-0.15, -0.1) is 0 Å².